The van der Waals surface area contributed by atoms with E-state index in [9.17, 15) is 4.79 Å². The Kier molecular flexibility index (Phi) is 20.7. The largest absolute Gasteiger partial charge is 0.466 e. The quantitative estimate of drug-likeness (QED) is 0.200. The molecule has 0 fully saturated rings. The van der Waals surface area contributed by atoms with Gasteiger partial charge in [0.15, 0.2) is 0 Å². The number of rotatable bonds is 11. The number of aryl methyl sites for hydroxylation is 1. The van der Waals surface area contributed by atoms with Crippen LogP contribution < -0.4 is 0 Å². The molecule has 0 aliphatic carbocycles. The van der Waals surface area contributed by atoms with Crippen LogP contribution in [0.15, 0.2) is 71.8 Å². The Hall–Kier alpha value is -2.58. The van der Waals surface area contributed by atoms with Crippen molar-refractivity contribution < 1.29 is 9.53 Å². The van der Waals surface area contributed by atoms with Crippen molar-refractivity contribution in [2.75, 3.05) is 6.61 Å². The zero-order valence-electron chi connectivity index (χ0n) is 26.9. The van der Waals surface area contributed by atoms with Crippen molar-refractivity contribution in [1.82, 2.24) is 0 Å². The Morgan fingerprint density at radius 3 is 1.98 bits per heavy atom. The van der Waals surface area contributed by atoms with E-state index in [0.29, 0.717) is 18.1 Å². The fourth-order valence-electron chi connectivity index (χ4n) is 3.90. The second kappa shape index (κ2) is 22.1. The predicted molar refractivity (Wildman–Crippen MR) is 178 cm³/mol. The van der Waals surface area contributed by atoms with Crippen molar-refractivity contribution in [3.63, 3.8) is 0 Å². The van der Waals surface area contributed by atoms with Crippen molar-refractivity contribution in [2.45, 2.75) is 113 Å². The molecule has 40 heavy (non-hydrogen) atoms. The number of carbonyl (C=O) groups is 1. The summed E-state index contributed by atoms with van der Waals surface area (Å²) in [6.07, 6.45) is 13.8. The standard InChI is InChI=1S/C29H35ClO2.2C4H10/c1-7-25(30)17-16-24(18-21(4)26-15-11-12-20(3)23(26)6)28-14-10-9-13-27(28)22(5)19-29(31)32-8-2;2*1-3-4-2/h7,9-18,21-22H,8,19H2,1-6H3;2*3-4H2,1-2H3/b17-16-,24-18-,25-7+;;. The Morgan fingerprint density at radius 2 is 1.43 bits per heavy atom. The van der Waals surface area contributed by atoms with Crippen LogP contribution >= 0.6 is 11.6 Å². The molecule has 0 amide bonds. The van der Waals surface area contributed by atoms with E-state index in [2.05, 4.69) is 97.9 Å². The highest BCUT2D eigenvalue weighted by Crippen LogP contribution is 2.33. The highest BCUT2D eigenvalue weighted by molar-refractivity contribution is 6.31. The zero-order chi connectivity index (χ0) is 30.5. The Labute approximate surface area is 251 Å². The Bertz CT molecular complexity index is 1070. The summed E-state index contributed by atoms with van der Waals surface area (Å²) in [4.78, 5) is 12.1. The van der Waals surface area contributed by atoms with Gasteiger partial charge in [0.2, 0.25) is 0 Å². The van der Waals surface area contributed by atoms with Crippen LogP contribution in [0.2, 0.25) is 0 Å². The van der Waals surface area contributed by atoms with Gasteiger partial charge < -0.3 is 4.74 Å². The van der Waals surface area contributed by atoms with Crippen LogP contribution in [0.25, 0.3) is 5.57 Å². The summed E-state index contributed by atoms with van der Waals surface area (Å²) in [5, 5.41) is 0.687. The van der Waals surface area contributed by atoms with Crippen LogP contribution in [0, 0.1) is 13.8 Å². The fraction of sp³-hybridized carbons (Fsp3) is 0.486. The number of hydrogen-bond donors (Lipinski definition) is 0. The molecule has 2 atom stereocenters. The van der Waals surface area contributed by atoms with Crippen LogP contribution in [0.5, 0.6) is 0 Å². The topological polar surface area (TPSA) is 26.3 Å². The van der Waals surface area contributed by atoms with Gasteiger partial charge in [0.05, 0.1) is 13.0 Å². The van der Waals surface area contributed by atoms with Gasteiger partial charge in [0, 0.05) is 11.0 Å². The predicted octanol–water partition coefficient (Wildman–Crippen LogP) is 11.9. The lowest BCUT2D eigenvalue weighted by atomic mass is 9.86. The van der Waals surface area contributed by atoms with Crippen molar-refractivity contribution in [3.8, 4) is 0 Å². The molecule has 0 heterocycles. The lowest BCUT2D eigenvalue weighted by Gasteiger charge is -2.19. The van der Waals surface area contributed by atoms with E-state index in [-0.39, 0.29) is 17.8 Å². The maximum Gasteiger partial charge on any atom is 0.306 e. The molecule has 2 aromatic rings. The first-order valence-corrected chi connectivity index (χ1v) is 15.5. The molecule has 2 unspecified atom stereocenters. The molecule has 0 N–H and O–H groups in total. The fourth-order valence-corrected chi connectivity index (χ4v) is 3.96. The van der Waals surface area contributed by atoms with Gasteiger partial charge in [-0.05, 0) is 73.1 Å². The molecule has 0 aliphatic heterocycles. The molecular weight excluding hydrogens is 512 g/mol. The minimum atomic E-state index is -0.170. The lowest BCUT2D eigenvalue weighted by Crippen LogP contribution is -2.09. The average molecular weight is 567 g/mol. The van der Waals surface area contributed by atoms with E-state index in [0.717, 1.165) is 16.7 Å². The maximum absolute atomic E-state index is 12.1. The van der Waals surface area contributed by atoms with E-state index >= 15 is 0 Å². The van der Waals surface area contributed by atoms with Crippen LogP contribution in [-0.4, -0.2) is 12.6 Å². The third-order valence-corrected chi connectivity index (χ3v) is 7.19. The minimum Gasteiger partial charge on any atom is -0.466 e. The van der Waals surface area contributed by atoms with Gasteiger partial charge in [-0.1, -0.05) is 140 Å². The molecule has 0 bridgehead atoms. The summed E-state index contributed by atoms with van der Waals surface area (Å²) in [7, 11) is 0. The molecule has 2 nitrogen and oxygen atoms in total. The summed E-state index contributed by atoms with van der Waals surface area (Å²) in [5.41, 5.74) is 7.24. The third-order valence-electron chi connectivity index (χ3n) is 6.85. The summed E-state index contributed by atoms with van der Waals surface area (Å²) >= 11 is 6.29. The van der Waals surface area contributed by atoms with Crippen LogP contribution in [0.3, 0.4) is 0 Å². The molecular formula is C37H55ClO2. The van der Waals surface area contributed by atoms with E-state index in [1.807, 2.05) is 38.1 Å². The average Bonchev–Trinajstić information content (AvgIpc) is 2.96. The molecule has 0 radical (unpaired) electrons. The van der Waals surface area contributed by atoms with E-state index < -0.39 is 0 Å². The number of halogens is 1. The minimum absolute atomic E-state index is 0.0373. The number of hydrogen-bond acceptors (Lipinski definition) is 2. The molecule has 0 spiro atoms. The smallest absolute Gasteiger partial charge is 0.306 e. The second-order valence-corrected chi connectivity index (χ2v) is 10.6. The number of carbonyl (C=O) groups excluding carboxylic acids is 1. The number of benzene rings is 2. The van der Waals surface area contributed by atoms with E-state index in [1.165, 1.54) is 42.4 Å². The summed E-state index contributed by atoms with van der Waals surface area (Å²) in [5.74, 6) is 0.0826. The number of allylic oxidation sites excluding steroid dienone is 6. The first kappa shape index (κ1) is 37.4. The number of unbranched alkanes of at least 4 members (excludes halogenated alkanes) is 2. The molecule has 222 valence electrons. The van der Waals surface area contributed by atoms with Gasteiger partial charge in [0.1, 0.15) is 0 Å². The third kappa shape index (κ3) is 14.2. The van der Waals surface area contributed by atoms with Crippen LogP contribution in [0.4, 0.5) is 0 Å². The number of ether oxygens (including phenoxy) is 1. The second-order valence-electron chi connectivity index (χ2n) is 10.2. The molecule has 0 saturated heterocycles. The van der Waals surface area contributed by atoms with Crippen LogP contribution in [-0.2, 0) is 9.53 Å². The summed E-state index contributed by atoms with van der Waals surface area (Å²) in [6, 6.07) is 14.7. The van der Waals surface area contributed by atoms with Gasteiger partial charge in [-0.2, -0.15) is 0 Å². The molecule has 0 aromatic heterocycles. The molecule has 0 aliphatic rings. The summed E-state index contributed by atoms with van der Waals surface area (Å²) in [6.45, 7) is 21.5. The van der Waals surface area contributed by atoms with Gasteiger partial charge in [0.25, 0.3) is 0 Å². The highest BCUT2D eigenvalue weighted by atomic mass is 35.5. The van der Waals surface area contributed by atoms with E-state index in [1.54, 1.807) is 0 Å². The van der Waals surface area contributed by atoms with Crippen LogP contribution in [0.1, 0.15) is 127 Å². The first-order chi connectivity index (χ1) is 19.1. The van der Waals surface area contributed by atoms with E-state index in [4.69, 9.17) is 16.3 Å². The van der Waals surface area contributed by atoms with Gasteiger partial charge >= 0.3 is 5.97 Å². The Balaban J connectivity index is 0.00000167. The van der Waals surface area contributed by atoms with Gasteiger partial charge in [-0.25, -0.2) is 0 Å². The first-order valence-electron chi connectivity index (χ1n) is 15.1. The molecule has 0 saturated carbocycles. The lowest BCUT2D eigenvalue weighted by molar-refractivity contribution is -0.143. The molecule has 2 aromatic carbocycles. The Morgan fingerprint density at radius 1 is 0.850 bits per heavy atom. The molecule has 3 heteroatoms. The summed E-state index contributed by atoms with van der Waals surface area (Å²) < 4.78 is 5.18. The monoisotopic (exact) mass is 566 g/mol. The number of esters is 1. The van der Waals surface area contributed by atoms with Gasteiger partial charge in [-0.3, -0.25) is 4.79 Å². The van der Waals surface area contributed by atoms with Crippen molar-refractivity contribution in [2.24, 2.45) is 0 Å². The molecule has 2 rings (SSSR count). The van der Waals surface area contributed by atoms with Crippen molar-refractivity contribution in [3.05, 3.63) is 99.6 Å². The SMILES string of the molecule is CCCC.CCCC.C\C=C(Cl)/C=C\C(=C\C(C)c1cccc(C)c1C)c1ccccc1C(C)CC(=O)OCC. The maximum atomic E-state index is 12.1. The van der Waals surface area contributed by atoms with Crippen molar-refractivity contribution in [1.29, 1.82) is 0 Å². The zero-order valence-corrected chi connectivity index (χ0v) is 27.7. The van der Waals surface area contributed by atoms with Crippen molar-refractivity contribution >= 4 is 23.1 Å². The van der Waals surface area contributed by atoms with Gasteiger partial charge in [-0.15, -0.1) is 0 Å². The normalized spacial score (nSPS) is 13.1. The highest BCUT2D eigenvalue weighted by Gasteiger charge is 2.17.